The Balaban J connectivity index is 2.73. The normalized spacial score (nSPS) is 8.85. The van der Waals surface area contributed by atoms with Crippen LogP contribution in [0.25, 0.3) is 0 Å². The topological polar surface area (TPSA) is 9.23 Å². The third-order valence-corrected chi connectivity index (χ3v) is 2.18. The molecule has 0 fully saturated rings. The molecule has 0 saturated heterocycles. The number of hydrogen-bond acceptors (Lipinski definition) is 1. The average molecular weight is 260 g/mol. The highest BCUT2D eigenvalue weighted by atomic mass is 79.9. The molecule has 13 heavy (non-hydrogen) atoms. The van der Waals surface area contributed by atoms with E-state index in [4.69, 9.17) is 16.3 Å². The van der Waals surface area contributed by atoms with E-state index in [0.29, 0.717) is 17.4 Å². The summed E-state index contributed by atoms with van der Waals surface area (Å²) in [6, 6.07) is 5.46. The van der Waals surface area contributed by atoms with Crippen molar-refractivity contribution >= 4 is 27.5 Å². The summed E-state index contributed by atoms with van der Waals surface area (Å²) in [5.74, 6) is 6.19. The molecule has 0 heterocycles. The molecule has 1 rings (SSSR count). The van der Waals surface area contributed by atoms with Gasteiger partial charge in [0.25, 0.3) is 0 Å². The van der Waals surface area contributed by atoms with Gasteiger partial charge in [0, 0.05) is 4.47 Å². The van der Waals surface area contributed by atoms with Gasteiger partial charge >= 0.3 is 0 Å². The van der Waals surface area contributed by atoms with E-state index in [-0.39, 0.29) is 0 Å². The van der Waals surface area contributed by atoms with E-state index >= 15 is 0 Å². The van der Waals surface area contributed by atoms with Crippen LogP contribution in [-0.4, -0.2) is 6.61 Å². The Labute approximate surface area is 91.2 Å². The predicted molar refractivity (Wildman–Crippen MR) is 58.1 cm³/mol. The number of hydrogen-bond donors (Lipinski definition) is 0. The number of rotatable bonds is 2. The molecule has 0 saturated carbocycles. The van der Waals surface area contributed by atoms with Crippen LogP contribution in [0.2, 0.25) is 5.02 Å². The molecule has 1 aromatic rings. The van der Waals surface area contributed by atoms with Gasteiger partial charge < -0.3 is 4.74 Å². The third kappa shape index (κ3) is 3.30. The van der Waals surface area contributed by atoms with Gasteiger partial charge in [-0.25, -0.2) is 0 Å². The fourth-order valence-corrected chi connectivity index (χ4v) is 1.29. The van der Waals surface area contributed by atoms with Gasteiger partial charge in [0.15, 0.2) is 0 Å². The summed E-state index contributed by atoms with van der Waals surface area (Å²) in [7, 11) is 0. The van der Waals surface area contributed by atoms with E-state index in [0.717, 1.165) is 4.47 Å². The smallest absolute Gasteiger partial charge is 0.149 e. The highest BCUT2D eigenvalue weighted by molar-refractivity contribution is 9.10. The third-order valence-electron chi connectivity index (χ3n) is 1.37. The molecule has 0 spiro atoms. The molecule has 0 unspecified atom stereocenters. The Kier molecular flexibility index (Phi) is 4.14. The van der Waals surface area contributed by atoms with Crippen molar-refractivity contribution in [3.05, 3.63) is 27.7 Å². The van der Waals surface area contributed by atoms with E-state index < -0.39 is 0 Å². The molecule has 0 atom stereocenters. The maximum atomic E-state index is 5.88. The summed E-state index contributed by atoms with van der Waals surface area (Å²) in [6.45, 7) is 2.14. The molecule has 0 amide bonds. The first-order chi connectivity index (χ1) is 6.24. The Hall–Kier alpha value is -0.650. The standard InChI is InChI=1S/C10H8BrClO/c1-2-3-6-13-10-7-8(11)4-5-9(10)12/h4-5,7H,6H2,1H3. The molecule has 0 aliphatic rings. The quantitative estimate of drug-likeness (QED) is 0.739. The minimum Gasteiger partial charge on any atom is -0.479 e. The monoisotopic (exact) mass is 258 g/mol. The lowest BCUT2D eigenvalue weighted by Gasteiger charge is -2.04. The molecule has 0 aromatic heterocycles. The van der Waals surface area contributed by atoms with Gasteiger partial charge in [0.2, 0.25) is 0 Å². The zero-order chi connectivity index (χ0) is 9.68. The van der Waals surface area contributed by atoms with Crippen molar-refractivity contribution in [1.82, 2.24) is 0 Å². The van der Waals surface area contributed by atoms with Crippen LogP contribution in [0, 0.1) is 11.8 Å². The molecule has 0 bridgehead atoms. The molecule has 0 N–H and O–H groups in total. The largest absolute Gasteiger partial charge is 0.479 e. The molecule has 0 aliphatic carbocycles. The van der Waals surface area contributed by atoms with E-state index in [9.17, 15) is 0 Å². The highest BCUT2D eigenvalue weighted by Crippen LogP contribution is 2.27. The van der Waals surface area contributed by atoms with Crippen molar-refractivity contribution in [2.75, 3.05) is 6.61 Å². The molecule has 68 valence electrons. The lowest BCUT2D eigenvalue weighted by atomic mass is 10.3. The molecule has 3 heteroatoms. The molecule has 1 nitrogen and oxygen atoms in total. The van der Waals surface area contributed by atoms with Crippen molar-refractivity contribution < 1.29 is 4.74 Å². The van der Waals surface area contributed by atoms with Crippen LogP contribution in [0.3, 0.4) is 0 Å². The minimum atomic E-state index is 0.368. The van der Waals surface area contributed by atoms with E-state index in [2.05, 4.69) is 27.8 Å². The van der Waals surface area contributed by atoms with Gasteiger partial charge in [0.05, 0.1) is 5.02 Å². The van der Waals surface area contributed by atoms with Gasteiger partial charge in [-0.15, -0.1) is 5.92 Å². The van der Waals surface area contributed by atoms with Gasteiger partial charge in [-0.1, -0.05) is 33.5 Å². The Bertz CT molecular complexity index is 352. The first-order valence-corrected chi connectivity index (χ1v) is 4.88. The lowest BCUT2D eigenvalue weighted by Crippen LogP contribution is -1.94. The predicted octanol–water partition coefficient (Wildman–Crippen LogP) is 3.50. The maximum Gasteiger partial charge on any atom is 0.149 e. The molecule has 1 aromatic carbocycles. The van der Waals surface area contributed by atoms with Crippen LogP contribution in [0.5, 0.6) is 5.75 Å². The Morgan fingerprint density at radius 1 is 1.54 bits per heavy atom. The second kappa shape index (κ2) is 5.16. The highest BCUT2D eigenvalue weighted by Gasteiger charge is 2.00. The minimum absolute atomic E-state index is 0.368. The van der Waals surface area contributed by atoms with E-state index in [1.54, 1.807) is 13.0 Å². The summed E-state index contributed by atoms with van der Waals surface area (Å²) < 4.78 is 6.26. The first kappa shape index (κ1) is 10.4. The first-order valence-electron chi connectivity index (χ1n) is 3.71. The van der Waals surface area contributed by atoms with Crippen molar-refractivity contribution in [2.24, 2.45) is 0 Å². The number of benzene rings is 1. The van der Waals surface area contributed by atoms with Crippen molar-refractivity contribution in [2.45, 2.75) is 6.92 Å². The van der Waals surface area contributed by atoms with Crippen molar-refractivity contribution in [3.8, 4) is 17.6 Å². The van der Waals surface area contributed by atoms with Crippen molar-refractivity contribution in [1.29, 1.82) is 0 Å². The Morgan fingerprint density at radius 3 is 3.00 bits per heavy atom. The summed E-state index contributed by atoms with van der Waals surface area (Å²) in [5, 5.41) is 0.598. The van der Waals surface area contributed by atoms with Crippen LogP contribution < -0.4 is 4.74 Å². The zero-order valence-electron chi connectivity index (χ0n) is 7.10. The molecule has 0 radical (unpaired) electrons. The van der Waals surface area contributed by atoms with Gasteiger partial charge in [0.1, 0.15) is 12.4 Å². The maximum absolute atomic E-state index is 5.88. The average Bonchev–Trinajstić information content (AvgIpc) is 2.11. The lowest BCUT2D eigenvalue weighted by molar-refractivity contribution is 0.370. The van der Waals surface area contributed by atoms with Gasteiger partial charge in [-0.2, -0.15) is 0 Å². The zero-order valence-corrected chi connectivity index (χ0v) is 9.45. The molecule has 0 aliphatic heterocycles. The van der Waals surface area contributed by atoms with Crippen LogP contribution in [-0.2, 0) is 0 Å². The van der Waals surface area contributed by atoms with Crippen LogP contribution in [0.4, 0.5) is 0 Å². The van der Waals surface area contributed by atoms with Crippen LogP contribution >= 0.6 is 27.5 Å². The van der Waals surface area contributed by atoms with Crippen LogP contribution in [0.1, 0.15) is 6.92 Å². The fraction of sp³-hybridized carbons (Fsp3) is 0.200. The summed E-state index contributed by atoms with van der Waals surface area (Å²) in [6.07, 6.45) is 0. The van der Waals surface area contributed by atoms with Crippen molar-refractivity contribution in [3.63, 3.8) is 0 Å². The second-order valence-electron chi connectivity index (χ2n) is 2.29. The van der Waals surface area contributed by atoms with E-state index in [1.807, 2.05) is 12.1 Å². The number of ether oxygens (including phenoxy) is 1. The van der Waals surface area contributed by atoms with Crippen LogP contribution in [0.15, 0.2) is 22.7 Å². The SMILES string of the molecule is CC#CCOc1cc(Br)ccc1Cl. The Morgan fingerprint density at radius 2 is 2.31 bits per heavy atom. The van der Waals surface area contributed by atoms with Gasteiger partial charge in [-0.3, -0.25) is 0 Å². The number of halogens is 2. The van der Waals surface area contributed by atoms with Gasteiger partial charge in [-0.05, 0) is 25.1 Å². The molecular formula is C10H8BrClO. The summed E-state index contributed by atoms with van der Waals surface area (Å²) >= 11 is 9.21. The second-order valence-corrected chi connectivity index (χ2v) is 3.61. The summed E-state index contributed by atoms with van der Waals surface area (Å²) in [4.78, 5) is 0. The summed E-state index contributed by atoms with van der Waals surface area (Å²) in [5.41, 5.74) is 0. The molecular weight excluding hydrogens is 251 g/mol. The van der Waals surface area contributed by atoms with E-state index in [1.165, 1.54) is 0 Å². The fourth-order valence-electron chi connectivity index (χ4n) is 0.774.